The van der Waals surface area contributed by atoms with E-state index in [4.69, 9.17) is 0 Å². The van der Waals surface area contributed by atoms with Crippen molar-refractivity contribution in [1.82, 2.24) is 4.98 Å². The molecule has 70 valence electrons. The molecule has 0 aliphatic heterocycles. The van der Waals surface area contributed by atoms with E-state index in [1.807, 2.05) is 12.3 Å². The minimum absolute atomic E-state index is 1.06. The topological polar surface area (TPSA) is 12.9 Å². The summed E-state index contributed by atoms with van der Waals surface area (Å²) in [6.07, 6.45) is 3.95. The fraction of sp³-hybridized carbons (Fsp3) is 0.154. The van der Waals surface area contributed by atoms with Crippen molar-refractivity contribution in [3.8, 4) is 0 Å². The molecular formula is C13H13N. The summed E-state index contributed by atoms with van der Waals surface area (Å²) in [6.45, 7) is 4.18. The number of aromatic nitrogens is 1. The van der Waals surface area contributed by atoms with E-state index in [-0.39, 0.29) is 0 Å². The maximum atomic E-state index is 4.29. The molecule has 0 aliphatic carbocycles. The third-order valence-corrected chi connectivity index (χ3v) is 2.49. The SMILES string of the molecule is CC=C(C)c1ccc2ncccc2c1. The molecule has 1 aromatic carbocycles. The van der Waals surface area contributed by atoms with Crippen LogP contribution in [0.15, 0.2) is 42.6 Å². The highest BCUT2D eigenvalue weighted by Crippen LogP contribution is 2.19. The Hall–Kier alpha value is -1.63. The number of benzene rings is 1. The second kappa shape index (κ2) is 3.62. The van der Waals surface area contributed by atoms with Gasteiger partial charge in [-0.05, 0) is 43.2 Å². The number of fused-ring (bicyclic) bond motifs is 1. The molecule has 0 aliphatic rings. The first-order valence-corrected chi connectivity index (χ1v) is 4.79. The lowest BCUT2D eigenvalue weighted by Crippen LogP contribution is -1.81. The van der Waals surface area contributed by atoms with Gasteiger partial charge in [0, 0.05) is 11.6 Å². The molecule has 0 unspecified atom stereocenters. The number of allylic oxidation sites excluding steroid dienone is 2. The predicted molar refractivity (Wildman–Crippen MR) is 61.1 cm³/mol. The van der Waals surface area contributed by atoms with E-state index in [9.17, 15) is 0 Å². The first kappa shape index (κ1) is 8.95. The zero-order chi connectivity index (χ0) is 9.97. The van der Waals surface area contributed by atoms with E-state index in [1.54, 1.807) is 0 Å². The Morgan fingerprint density at radius 1 is 1.29 bits per heavy atom. The molecule has 0 radical (unpaired) electrons. The van der Waals surface area contributed by atoms with E-state index >= 15 is 0 Å². The normalized spacial score (nSPS) is 12.0. The van der Waals surface area contributed by atoms with Crippen LogP contribution in [-0.4, -0.2) is 4.98 Å². The minimum atomic E-state index is 1.06. The minimum Gasteiger partial charge on any atom is -0.256 e. The van der Waals surface area contributed by atoms with E-state index in [2.05, 4.69) is 49.2 Å². The molecule has 0 spiro atoms. The van der Waals surface area contributed by atoms with E-state index in [0.29, 0.717) is 0 Å². The fourth-order valence-corrected chi connectivity index (χ4v) is 1.49. The Morgan fingerprint density at radius 2 is 2.14 bits per heavy atom. The fourth-order valence-electron chi connectivity index (χ4n) is 1.49. The molecule has 1 heterocycles. The van der Waals surface area contributed by atoms with E-state index in [1.165, 1.54) is 16.5 Å². The van der Waals surface area contributed by atoms with Gasteiger partial charge in [-0.2, -0.15) is 0 Å². The standard InChI is InChI=1S/C13H13N/c1-3-10(2)11-6-7-13-12(9-11)5-4-8-14-13/h3-9H,1-2H3. The van der Waals surface area contributed by atoms with Crippen LogP contribution in [0.3, 0.4) is 0 Å². The summed E-state index contributed by atoms with van der Waals surface area (Å²) >= 11 is 0. The number of hydrogen-bond donors (Lipinski definition) is 0. The number of pyridine rings is 1. The summed E-state index contributed by atoms with van der Waals surface area (Å²) in [5, 5.41) is 1.20. The van der Waals surface area contributed by atoms with Crippen molar-refractivity contribution >= 4 is 16.5 Å². The van der Waals surface area contributed by atoms with Gasteiger partial charge >= 0.3 is 0 Å². The Morgan fingerprint density at radius 3 is 2.93 bits per heavy atom. The number of rotatable bonds is 1. The first-order chi connectivity index (χ1) is 6.81. The molecule has 0 saturated carbocycles. The van der Waals surface area contributed by atoms with E-state index < -0.39 is 0 Å². The molecule has 1 aromatic heterocycles. The number of hydrogen-bond acceptors (Lipinski definition) is 1. The molecule has 2 rings (SSSR count). The predicted octanol–water partition coefficient (Wildman–Crippen LogP) is 3.66. The lowest BCUT2D eigenvalue weighted by atomic mass is 10.0. The molecule has 0 atom stereocenters. The lowest BCUT2D eigenvalue weighted by Gasteiger charge is -2.02. The van der Waals surface area contributed by atoms with Crippen LogP contribution in [-0.2, 0) is 0 Å². The molecule has 0 saturated heterocycles. The van der Waals surface area contributed by atoms with Gasteiger partial charge in [-0.1, -0.05) is 18.2 Å². The molecular weight excluding hydrogens is 170 g/mol. The van der Waals surface area contributed by atoms with Crippen LogP contribution in [0.25, 0.3) is 16.5 Å². The van der Waals surface area contributed by atoms with Gasteiger partial charge in [0.15, 0.2) is 0 Å². The van der Waals surface area contributed by atoms with Crippen molar-refractivity contribution in [2.24, 2.45) is 0 Å². The van der Waals surface area contributed by atoms with Crippen LogP contribution < -0.4 is 0 Å². The van der Waals surface area contributed by atoms with Crippen molar-refractivity contribution in [2.45, 2.75) is 13.8 Å². The van der Waals surface area contributed by atoms with Gasteiger partial charge in [0.05, 0.1) is 5.52 Å². The van der Waals surface area contributed by atoms with Crippen molar-refractivity contribution in [3.63, 3.8) is 0 Å². The highest BCUT2D eigenvalue weighted by atomic mass is 14.6. The summed E-state index contributed by atoms with van der Waals surface area (Å²) in [7, 11) is 0. The third-order valence-electron chi connectivity index (χ3n) is 2.49. The molecule has 1 heteroatoms. The van der Waals surface area contributed by atoms with Gasteiger partial charge in [0.2, 0.25) is 0 Å². The van der Waals surface area contributed by atoms with Gasteiger partial charge in [0.1, 0.15) is 0 Å². The largest absolute Gasteiger partial charge is 0.256 e. The van der Waals surface area contributed by atoms with E-state index in [0.717, 1.165) is 5.52 Å². The Kier molecular flexibility index (Phi) is 2.32. The Balaban J connectivity index is 2.62. The van der Waals surface area contributed by atoms with Crippen LogP contribution >= 0.6 is 0 Å². The zero-order valence-corrected chi connectivity index (χ0v) is 8.49. The van der Waals surface area contributed by atoms with Crippen molar-refractivity contribution < 1.29 is 0 Å². The van der Waals surface area contributed by atoms with Gasteiger partial charge in [-0.25, -0.2) is 0 Å². The van der Waals surface area contributed by atoms with Crippen molar-refractivity contribution in [2.75, 3.05) is 0 Å². The number of nitrogens with zero attached hydrogens (tertiary/aromatic N) is 1. The second-order valence-corrected chi connectivity index (χ2v) is 3.38. The average molecular weight is 183 g/mol. The van der Waals surface area contributed by atoms with Crippen molar-refractivity contribution in [1.29, 1.82) is 0 Å². The second-order valence-electron chi connectivity index (χ2n) is 3.38. The highest BCUT2D eigenvalue weighted by Gasteiger charge is 1.97. The molecule has 0 bridgehead atoms. The Labute approximate surface area is 84.1 Å². The maximum Gasteiger partial charge on any atom is 0.0702 e. The maximum absolute atomic E-state index is 4.29. The van der Waals surface area contributed by atoms with Crippen LogP contribution in [0.1, 0.15) is 19.4 Å². The molecule has 0 amide bonds. The third kappa shape index (κ3) is 1.53. The summed E-state index contributed by atoms with van der Waals surface area (Å²) in [5.74, 6) is 0. The van der Waals surface area contributed by atoms with Gasteiger partial charge in [0.25, 0.3) is 0 Å². The monoisotopic (exact) mass is 183 g/mol. The molecule has 2 aromatic rings. The van der Waals surface area contributed by atoms with Crippen molar-refractivity contribution in [3.05, 3.63) is 48.2 Å². The highest BCUT2D eigenvalue weighted by molar-refractivity contribution is 5.82. The Bertz CT molecular complexity index is 483. The average Bonchev–Trinajstić information content (AvgIpc) is 2.27. The summed E-state index contributed by atoms with van der Waals surface area (Å²) in [5.41, 5.74) is 3.63. The quantitative estimate of drug-likeness (QED) is 0.657. The van der Waals surface area contributed by atoms with Gasteiger partial charge in [-0.15, -0.1) is 0 Å². The first-order valence-electron chi connectivity index (χ1n) is 4.79. The molecule has 0 fully saturated rings. The van der Waals surface area contributed by atoms with Crippen LogP contribution in [0, 0.1) is 0 Å². The zero-order valence-electron chi connectivity index (χ0n) is 8.49. The molecule has 1 nitrogen and oxygen atoms in total. The van der Waals surface area contributed by atoms with Crippen LogP contribution in [0.2, 0.25) is 0 Å². The van der Waals surface area contributed by atoms with Gasteiger partial charge in [-0.3, -0.25) is 4.98 Å². The van der Waals surface area contributed by atoms with Crippen LogP contribution in [0.4, 0.5) is 0 Å². The molecule has 0 N–H and O–H groups in total. The summed E-state index contributed by atoms with van der Waals surface area (Å²) in [6, 6.07) is 10.4. The summed E-state index contributed by atoms with van der Waals surface area (Å²) in [4.78, 5) is 4.29. The lowest BCUT2D eigenvalue weighted by molar-refractivity contribution is 1.41. The summed E-state index contributed by atoms with van der Waals surface area (Å²) < 4.78 is 0. The molecule has 14 heavy (non-hydrogen) atoms. The van der Waals surface area contributed by atoms with Crippen LogP contribution in [0.5, 0.6) is 0 Å². The smallest absolute Gasteiger partial charge is 0.0702 e. The van der Waals surface area contributed by atoms with Gasteiger partial charge < -0.3 is 0 Å².